The Hall–Kier alpha value is -2.57. The number of aliphatic hydroxyl groups is 3. The molecule has 0 aromatic carbocycles. The standard InChI is InChI=1S/C34H53N5O5/c1-5-9-27(38-29(42)12-8-19-36-39-35)37-28(41)11-7-6-10-21(2)23-13-14-24-30-25(16-18-33(23,24)3)34(4)17-15-22(40)20-26(34)31(43)32(30)44/h1,7,11,21-27,30-32,40,43-44H,6,8-10,12-20H2,2-4H3,(H,37,41)(H,38,42)/b11-7+/t21-,22-,23-,24+,25+,26+,27?,30+,31?,32?,33-,34-/m1/s1. The number of carbonyl (C=O) groups is 2. The molecule has 2 amide bonds. The molecular weight excluding hydrogens is 558 g/mol. The zero-order valence-corrected chi connectivity index (χ0v) is 26.7. The quantitative estimate of drug-likeness (QED) is 0.0413. The van der Waals surface area contributed by atoms with Crippen LogP contribution in [0, 0.1) is 58.7 Å². The number of nitrogens with one attached hydrogen (secondary N) is 2. The molecule has 4 fully saturated rings. The van der Waals surface area contributed by atoms with Crippen LogP contribution in [0.25, 0.3) is 10.4 Å². The van der Waals surface area contributed by atoms with Crippen LogP contribution < -0.4 is 10.6 Å². The van der Waals surface area contributed by atoms with E-state index in [4.69, 9.17) is 12.0 Å². The van der Waals surface area contributed by atoms with Crippen LogP contribution in [-0.4, -0.2) is 58.2 Å². The number of fused-ring (bicyclic) bond motifs is 5. The van der Waals surface area contributed by atoms with Gasteiger partial charge in [0.2, 0.25) is 11.8 Å². The molecule has 0 aromatic heterocycles. The number of terminal acetylenes is 1. The van der Waals surface area contributed by atoms with Gasteiger partial charge in [-0.15, -0.1) is 12.3 Å². The average molecular weight is 612 g/mol. The van der Waals surface area contributed by atoms with Gasteiger partial charge in [-0.2, -0.15) is 0 Å². The maximum Gasteiger partial charge on any atom is 0.245 e. The second kappa shape index (κ2) is 14.7. The third-order valence-corrected chi connectivity index (χ3v) is 12.2. The summed E-state index contributed by atoms with van der Waals surface area (Å²) in [5.74, 6) is 3.69. The van der Waals surface area contributed by atoms with Crippen LogP contribution in [0.5, 0.6) is 0 Å². The van der Waals surface area contributed by atoms with Crippen LogP contribution in [0.4, 0.5) is 0 Å². The summed E-state index contributed by atoms with van der Waals surface area (Å²) in [6, 6.07) is 0. The molecule has 10 nitrogen and oxygen atoms in total. The summed E-state index contributed by atoms with van der Waals surface area (Å²) in [5, 5.41) is 42.0. The summed E-state index contributed by atoms with van der Waals surface area (Å²) in [6.07, 6.45) is 15.4. The van der Waals surface area contributed by atoms with Crippen LogP contribution >= 0.6 is 0 Å². The van der Waals surface area contributed by atoms with E-state index in [-0.39, 0.29) is 60.0 Å². The van der Waals surface area contributed by atoms with Crippen LogP contribution in [0.1, 0.15) is 97.8 Å². The highest BCUT2D eigenvalue weighted by molar-refractivity contribution is 5.88. The molecule has 12 atom stereocenters. The highest BCUT2D eigenvalue weighted by Gasteiger charge is 2.65. The molecule has 0 radical (unpaired) electrons. The topological polar surface area (TPSA) is 168 Å². The molecule has 244 valence electrons. The smallest absolute Gasteiger partial charge is 0.245 e. The first kappa shape index (κ1) is 34.3. The Labute approximate surface area is 262 Å². The molecule has 44 heavy (non-hydrogen) atoms. The van der Waals surface area contributed by atoms with Gasteiger partial charge in [0.15, 0.2) is 0 Å². The number of carbonyl (C=O) groups excluding carboxylic acids is 2. The Kier molecular flexibility index (Phi) is 11.4. The predicted octanol–water partition coefficient (Wildman–Crippen LogP) is 4.59. The van der Waals surface area contributed by atoms with E-state index >= 15 is 0 Å². The van der Waals surface area contributed by atoms with E-state index in [1.165, 1.54) is 6.08 Å². The maximum atomic E-state index is 12.6. The number of aliphatic hydroxyl groups excluding tert-OH is 3. The van der Waals surface area contributed by atoms with E-state index in [1.807, 2.05) is 6.08 Å². The Morgan fingerprint density at radius 2 is 1.80 bits per heavy atom. The lowest BCUT2D eigenvalue weighted by molar-refractivity contribution is -0.223. The van der Waals surface area contributed by atoms with Crippen LogP contribution in [0.3, 0.4) is 0 Å². The Bertz CT molecular complexity index is 1150. The van der Waals surface area contributed by atoms with E-state index in [0.717, 1.165) is 51.4 Å². The number of amides is 2. The zero-order valence-electron chi connectivity index (χ0n) is 26.7. The highest BCUT2D eigenvalue weighted by Crippen LogP contribution is 2.68. The highest BCUT2D eigenvalue weighted by atomic mass is 16.3. The minimum Gasteiger partial charge on any atom is -0.393 e. The zero-order chi connectivity index (χ0) is 32.1. The van der Waals surface area contributed by atoms with E-state index in [0.29, 0.717) is 36.5 Å². The Morgan fingerprint density at radius 3 is 2.52 bits per heavy atom. The molecule has 0 saturated heterocycles. The van der Waals surface area contributed by atoms with E-state index in [2.05, 4.69) is 47.4 Å². The third kappa shape index (κ3) is 7.12. The molecular formula is C34H53N5O5. The van der Waals surface area contributed by atoms with Gasteiger partial charge in [0.1, 0.15) is 6.17 Å². The minimum absolute atomic E-state index is 0.0337. The summed E-state index contributed by atoms with van der Waals surface area (Å²) < 4.78 is 0. The van der Waals surface area contributed by atoms with Gasteiger partial charge < -0.3 is 26.0 Å². The minimum atomic E-state index is -0.774. The van der Waals surface area contributed by atoms with Crippen molar-refractivity contribution < 1.29 is 24.9 Å². The van der Waals surface area contributed by atoms with Gasteiger partial charge in [0.25, 0.3) is 0 Å². The molecule has 4 aliphatic carbocycles. The molecule has 4 saturated carbocycles. The average Bonchev–Trinajstić information content (AvgIpc) is 3.34. The molecule has 4 aliphatic rings. The molecule has 5 N–H and O–H groups in total. The summed E-state index contributed by atoms with van der Waals surface area (Å²) in [4.78, 5) is 27.4. The molecule has 4 rings (SSSR count). The normalized spacial score (nSPS) is 39.1. The van der Waals surface area contributed by atoms with E-state index in [9.17, 15) is 24.9 Å². The second-order valence-electron chi connectivity index (χ2n) is 14.6. The number of hydrogen-bond donors (Lipinski definition) is 5. The molecule has 3 unspecified atom stereocenters. The molecule has 10 heteroatoms. The van der Waals surface area contributed by atoms with Crippen LogP contribution in [0.2, 0.25) is 0 Å². The lowest BCUT2D eigenvalue weighted by Crippen LogP contribution is -2.64. The van der Waals surface area contributed by atoms with E-state index < -0.39 is 18.4 Å². The van der Waals surface area contributed by atoms with Crippen molar-refractivity contribution in [2.75, 3.05) is 6.54 Å². The summed E-state index contributed by atoms with van der Waals surface area (Å²) in [5.41, 5.74) is 8.42. The predicted molar refractivity (Wildman–Crippen MR) is 168 cm³/mol. The lowest BCUT2D eigenvalue weighted by atomic mass is 9.43. The molecule has 0 heterocycles. The fourth-order valence-corrected chi connectivity index (χ4v) is 10.1. The van der Waals surface area contributed by atoms with Gasteiger partial charge in [0, 0.05) is 24.3 Å². The van der Waals surface area contributed by atoms with Crippen molar-refractivity contribution in [3.05, 3.63) is 22.6 Å². The van der Waals surface area contributed by atoms with Crippen molar-refractivity contribution in [1.82, 2.24) is 10.6 Å². The summed E-state index contributed by atoms with van der Waals surface area (Å²) >= 11 is 0. The number of azide groups is 1. The second-order valence-corrected chi connectivity index (χ2v) is 14.6. The van der Waals surface area contributed by atoms with Crippen molar-refractivity contribution in [3.63, 3.8) is 0 Å². The number of nitrogens with zero attached hydrogens (tertiary/aromatic N) is 3. The van der Waals surface area contributed by atoms with E-state index in [1.54, 1.807) is 0 Å². The first-order chi connectivity index (χ1) is 21.0. The van der Waals surface area contributed by atoms with Crippen molar-refractivity contribution >= 4 is 11.8 Å². The van der Waals surface area contributed by atoms with Crippen molar-refractivity contribution in [2.24, 2.45) is 51.5 Å². The number of hydrogen-bond acceptors (Lipinski definition) is 6. The van der Waals surface area contributed by atoms with Crippen molar-refractivity contribution in [2.45, 2.75) is 122 Å². The number of rotatable bonds is 12. The SMILES string of the molecule is C#CCC(NC(=O)/C=C/CC[C@@H](C)[C@H]1CC[C@H]2[C@@H]3C(O)C(O)[C@@H]4C[C@H](O)CC[C@]4(C)[C@H]3CC[C@]12C)NC(=O)CCCN=[N+]=[N-]. The van der Waals surface area contributed by atoms with Gasteiger partial charge >= 0.3 is 0 Å². The van der Waals surface area contributed by atoms with Crippen molar-refractivity contribution in [3.8, 4) is 12.3 Å². The van der Waals surface area contributed by atoms with Gasteiger partial charge in [-0.1, -0.05) is 32.0 Å². The molecule has 0 bridgehead atoms. The van der Waals surface area contributed by atoms with Gasteiger partial charge in [-0.05, 0) is 122 Å². The van der Waals surface area contributed by atoms with Gasteiger partial charge in [-0.3, -0.25) is 9.59 Å². The first-order valence-electron chi connectivity index (χ1n) is 16.7. The van der Waals surface area contributed by atoms with Crippen molar-refractivity contribution in [1.29, 1.82) is 0 Å². The Morgan fingerprint density at radius 1 is 1.07 bits per heavy atom. The van der Waals surface area contributed by atoms with Crippen LogP contribution in [-0.2, 0) is 9.59 Å². The van der Waals surface area contributed by atoms with Gasteiger partial charge in [-0.25, -0.2) is 0 Å². The molecule has 0 aromatic rings. The largest absolute Gasteiger partial charge is 0.393 e. The monoisotopic (exact) mass is 611 g/mol. The Balaban J connectivity index is 1.30. The fourth-order valence-electron chi connectivity index (χ4n) is 10.1. The number of allylic oxidation sites excluding steroid dienone is 1. The van der Waals surface area contributed by atoms with Crippen LogP contribution in [0.15, 0.2) is 17.3 Å². The maximum absolute atomic E-state index is 12.6. The summed E-state index contributed by atoms with van der Waals surface area (Å²) in [7, 11) is 0. The molecule has 0 aliphatic heterocycles. The first-order valence-corrected chi connectivity index (χ1v) is 16.7. The summed E-state index contributed by atoms with van der Waals surface area (Å²) in [6.45, 7) is 7.27. The third-order valence-electron chi connectivity index (χ3n) is 12.2. The fraction of sp³-hybridized carbons (Fsp3) is 0.824. The van der Waals surface area contributed by atoms with Gasteiger partial charge in [0.05, 0.1) is 18.3 Å². The molecule has 0 spiro atoms. The lowest BCUT2D eigenvalue weighted by Gasteiger charge is -2.63.